The number of benzene rings is 1. The van der Waals surface area contributed by atoms with Gasteiger partial charge in [-0.1, -0.05) is 19.1 Å². The van der Waals surface area contributed by atoms with Gasteiger partial charge in [0.25, 0.3) is 6.08 Å². The fraction of sp³-hybridized carbons (Fsp3) is 0.667. The summed E-state index contributed by atoms with van der Waals surface area (Å²) in [6.45, 7) is 3.68. The Hall–Kier alpha value is -1.33. The van der Waals surface area contributed by atoms with Crippen molar-refractivity contribution >= 4 is 0 Å². The van der Waals surface area contributed by atoms with Gasteiger partial charge < -0.3 is 9.47 Å². The molecule has 0 bridgehead atoms. The van der Waals surface area contributed by atoms with Crippen LogP contribution in [0.25, 0.3) is 0 Å². The van der Waals surface area contributed by atoms with Gasteiger partial charge in [0.1, 0.15) is 5.82 Å². The summed E-state index contributed by atoms with van der Waals surface area (Å²) >= 11 is 0. The van der Waals surface area contributed by atoms with Crippen molar-refractivity contribution in [3.63, 3.8) is 0 Å². The predicted molar refractivity (Wildman–Crippen MR) is 106 cm³/mol. The van der Waals surface area contributed by atoms with Crippen LogP contribution in [-0.4, -0.2) is 19.5 Å². The van der Waals surface area contributed by atoms with E-state index in [1.165, 1.54) is 0 Å². The Morgan fingerprint density at radius 1 is 0.897 bits per heavy atom. The first-order valence-corrected chi connectivity index (χ1v) is 11.1. The zero-order valence-electron chi connectivity index (χ0n) is 17.1. The molecule has 0 radical (unpaired) electrons. The van der Waals surface area contributed by atoms with Gasteiger partial charge in [0, 0.05) is 11.8 Å². The lowest BCUT2D eigenvalue weighted by Gasteiger charge is -2.37. The van der Waals surface area contributed by atoms with Crippen molar-refractivity contribution in [1.82, 2.24) is 0 Å². The third kappa shape index (κ3) is 4.88. The lowest BCUT2D eigenvalue weighted by Crippen LogP contribution is -2.37. The molecule has 2 nitrogen and oxygen atoms in total. The zero-order chi connectivity index (χ0) is 20.4. The third-order valence-corrected chi connectivity index (χ3v) is 7.04. The Labute approximate surface area is 171 Å². The van der Waals surface area contributed by atoms with Crippen LogP contribution in [0, 0.1) is 17.7 Å². The number of rotatable bonds is 3. The average Bonchev–Trinajstić information content (AvgIpc) is 2.74. The standard InChI is InChI=1S/C24H31F3O2/c1-15-13-28-24(29-14-15)19-8-2-16(3-9-19)20-10-11-21(22(25)12-20)17-4-6-18(7-5-17)23(26)27/h10-12,15-17,19,24H,2-9,13-14H2,1H3. The van der Waals surface area contributed by atoms with Crippen LogP contribution in [0.4, 0.5) is 13.2 Å². The van der Waals surface area contributed by atoms with E-state index in [0.29, 0.717) is 49.0 Å². The molecular weight excluding hydrogens is 377 g/mol. The molecule has 1 aromatic rings. The van der Waals surface area contributed by atoms with Crippen molar-refractivity contribution in [3.8, 4) is 0 Å². The van der Waals surface area contributed by atoms with Crippen LogP contribution < -0.4 is 0 Å². The van der Waals surface area contributed by atoms with Crippen molar-refractivity contribution < 1.29 is 22.6 Å². The first kappa shape index (κ1) is 20.9. The Morgan fingerprint density at radius 2 is 1.55 bits per heavy atom. The van der Waals surface area contributed by atoms with Gasteiger partial charge in [-0.3, -0.25) is 0 Å². The molecule has 4 rings (SSSR count). The quantitative estimate of drug-likeness (QED) is 0.541. The van der Waals surface area contributed by atoms with Gasteiger partial charge in [0.05, 0.1) is 13.2 Å². The molecule has 0 aromatic heterocycles. The van der Waals surface area contributed by atoms with Crippen LogP contribution in [0.15, 0.2) is 29.9 Å². The van der Waals surface area contributed by atoms with Crippen LogP contribution in [0.1, 0.15) is 81.3 Å². The van der Waals surface area contributed by atoms with Crippen molar-refractivity contribution in [2.75, 3.05) is 13.2 Å². The van der Waals surface area contributed by atoms with E-state index in [-0.39, 0.29) is 23.6 Å². The van der Waals surface area contributed by atoms with E-state index in [2.05, 4.69) is 13.0 Å². The summed E-state index contributed by atoms with van der Waals surface area (Å²) in [5.74, 6) is 1.15. The van der Waals surface area contributed by atoms with Crippen LogP contribution in [-0.2, 0) is 9.47 Å². The highest BCUT2D eigenvalue weighted by atomic mass is 19.3. The smallest absolute Gasteiger partial charge is 0.269 e. The molecule has 5 heteroatoms. The molecular formula is C24H31F3O2. The topological polar surface area (TPSA) is 18.5 Å². The molecule has 1 saturated heterocycles. The van der Waals surface area contributed by atoms with Crippen LogP contribution >= 0.6 is 0 Å². The SMILES string of the molecule is CC1COC(C2CCC(c3ccc(C4CCC(=C(F)F)CC4)c(F)c3)CC2)OC1. The third-order valence-electron chi connectivity index (χ3n) is 7.04. The highest BCUT2D eigenvalue weighted by molar-refractivity contribution is 5.31. The van der Waals surface area contributed by atoms with Gasteiger partial charge in [-0.25, -0.2) is 4.39 Å². The highest BCUT2D eigenvalue weighted by Gasteiger charge is 2.32. The molecule has 0 amide bonds. The first-order valence-electron chi connectivity index (χ1n) is 11.1. The number of ether oxygens (including phenoxy) is 2. The van der Waals surface area contributed by atoms with E-state index in [1.807, 2.05) is 6.07 Å². The molecule has 0 spiro atoms. The van der Waals surface area contributed by atoms with Crippen LogP contribution in [0.3, 0.4) is 0 Å². The summed E-state index contributed by atoms with van der Waals surface area (Å²) in [7, 11) is 0. The normalized spacial score (nSPS) is 33.5. The second-order valence-corrected chi connectivity index (χ2v) is 9.17. The fourth-order valence-electron chi connectivity index (χ4n) is 5.21. The second-order valence-electron chi connectivity index (χ2n) is 9.17. The van der Waals surface area contributed by atoms with E-state index in [0.717, 1.165) is 44.5 Å². The highest BCUT2D eigenvalue weighted by Crippen LogP contribution is 2.41. The molecule has 1 heterocycles. The Balaban J connectivity index is 1.34. The lowest BCUT2D eigenvalue weighted by molar-refractivity contribution is -0.226. The zero-order valence-corrected chi connectivity index (χ0v) is 17.1. The Morgan fingerprint density at radius 3 is 2.14 bits per heavy atom. The fourth-order valence-corrected chi connectivity index (χ4v) is 5.21. The van der Waals surface area contributed by atoms with E-state index < -0.39 is 6.08 Å². The summed E-state index contributed by atoms with van der Waals surface area (Å²) in [5, 5.41) is 0. The lowest BCUT2D eigenvalue weighted by atomic mass is 9.77. The summed E-state index contributed by atoms with van der Waals surface area (Å²) < 4.78 is 52.1. The summed E-state index contributed by atoms with van der Waals surface area (Å²) in [6.07, 6.45) is 4.47. The van der Waals surface area contributed by atoms with Gasteiger partial charge in [0.15, 0.2) is 6.29 Å². The summed E-state index contributed by atoms with van der Waals surface area (Å²) in [4.78, 5) is 0. The minimum atomic E-state index is -1.55. The molecule has 160 valence electrons. The predicted octanol–water partition coefficient (Wildman–Crippen LogP) is 6.92. The number of allylic oxidation sites excluding steroid dienone is 1. The van der Waals surface area contributed by atoms with Crippen molar-refractivity contribution in [2.45, 2.75) is 76.4 Å². The van der Waals surface area contributed by atoms with Crippen molar-refractivity contribution in [1.29, 1.82) is 0 Å². The minimum absolute atomic E-state index is 0.0471. The summed E-state index contributed by atoms with van der Waals surface area (Å²) in [5.41, 5.74) is 2.00. The molecule has 29 heavy (non-hydrogen) atoms. The first-order chi connectivity index (χ1) is 14.0. The maximum atomic E-state index is 14.8. The Kier molecular flexibility index (Phi) is 6.65. The monoisotopic (exact) mass is 408 g/mol. The number of hydrogen-bond acceptors (Lipinski definition) is 2. The minimum Gasteiger partial charge on any atom is -0.352 e. The molecule has 3 aliphatic rings. The average molecular weight is 409 g/mol. The van der Waals surface area contributed by atoms with Crippen LogP contribution in [0.2, 0.25) is 0 Å². The van der Waals surface area contributed by atoms with Gasteiger partial charge in [-0.05, 0) is 86.0 Å². The molecule has 1 aromatic carbocycles. The van der Waals surface area contributed by atoms with Gasteiger partial charge in [-0.2, -0.15) is 8.78 Å². The summed E-state index contributed by atoms with van der Waals surface area (Å²) in [6, 6.07) is 5.65. The van der Waals surface area contributed by atoms with E-state index in [1.54, 1.807) is 6.07 Å². The number of halogens is 3. The largest absolute Gasteiger partial charge is 0.352 e. The second kappa shape index (κ2) is 9.22. The molecule has 0 unspecified atom stereocenters. The molecule has 2 aliphatic carbocycles. The maximum absolute atomic E-state index is 14.8. The van der Waals surface area contributed by atoms with Crippen molar-refractivity contribution in [2.24, 2.45) is 11.8 Å². The van der Waals surface area contributed by atoms with Gasteiger partial charge in [-0.15, -0.1) is 0 Å². The van der Waals surface area contributed by atoms with E-state index >= 15 is 0 Å². The van der Waals surface area contributed by atoms with Gasteiger partial charge >= 0.3 is 0 Å². The number of hydrogen-bond donors (Lipinski definition) is 0. The molecule has 3 fully saturated rings. The Bertz CT molecular complexity index is 718. The molecule has 2 saturated carbocycles. The molecule has 1 aliphatic heterocycles. The van der Waals surface area contributed by atoms with Crippen LogP contribution in [0.5, 0.6) is 0 Å². The molecule has 0 N–H and O–H groups in total. The van der Waals surface area contributed by atoms with E-state index in [4.69, 9.17) is 9.47 Å². The van der Waals surface area contributed by atoms with Crippen molar-refractivity contribution in [3.05, 3.63) is 46.8 Å². The van der Waals surface area contributed by atoms with E-state index in [9.17, 15) is 13.2 Å². The molecule has 0 atom stereocenters. The maximum Gasteiger partial charge on any atom is 0.269 e. The van der Waals surface area contributed by atoms with Gasteiger partial charge in [0.2, 0.25) is 0 Å².